The molecule has 1 aliphatic carbocycles. The highest BCUT2D eigenvalue weighted by atomic mass is 16.5. The molecule has 0 N–H and O–H groups in total. The molecule has 3 aliphatic rings. The van der Waals surface area contributed by atoms with Gasteiger partial charge in [0.15, 0.2) is 0 Å². The van der Waals surface area contributed by atoms with Crippen molar-refractivity contribution in [2.45, 2.75) is 77.0 Å². The summed E-state index contributed by atoms with van der Waals surface area (Å²) in [6, 6.07) is 5.12. The Balaban J connectivity index is 1.30. The van der Waals surface area contributed by atoms with Crippen molar-refractivity contribution in [1.82, 2.24) is 9.80 Å². The first kappa shape index (κ1) is 18.5. The predicted molar refractivity (Wildman–Crippen MR) is 104 cm³/mol. The Morgan fingerprint density at radius 2 is 1.81 bits per heavy atom. The number of furan rings is 1. The van der Waals surface area contributed by atoms with E-state index in [1.54, 1.807) is 0 Å². The first-order chi connectivity index (χ1) is 12.8. The Bertz CT molecular complexity index is 538. The minimum Gasteiger partial charge on any atom is -0.465 e. The maximum atomic E-state index is 5.92. The van der Waals surface area contributed by atoms with Crippen LogP contribution < -0.4 is 0 Å². The van der Waals surface area contributed by atoms with Gasteiger partial charge in [-0.15, -0.1) is 0 Å². The van der Waals surface area contributed by atoms with E-state index in [1.807, 2.05) is 6.92 Å². The third-order valence-corrected chi connectivity index (χ3v) is 6.67. The van der Waals surface area contributed by atoms with Crippen molar-refractivity contribution in [3.8, 4) is 0 Å². The SMILES string of the molecule is Cc1ccc(CN(CC2CCN(C3CCCC3)CC2)CC2CCCO2)o1. The van der Waals surface area contributed by atoms with Crippen molar-refractivity contribution < 1.29 is 9.15 Å². The van der Waals surface area contributed by atoms with E-state index in [0.29, 0.717) is 6.10 Å². The van der Waals surface area contributed by atoms with Gasteiger partial charge >= 0.3 is 0 Å². The normalized spacial score (nSPS) is 26.3. The standard InChI is InChI=1S/C22H36N2O2/c1-18-8-9-22(26-18)17-23(16-21-7-4-14-25-21)15-19-10-12-24(13-11-19)20-5-2-3-6-20/h8-9,19-21H,2-7,10-17H2,1H3. The van der Waals surface area contributed by atoms with Gasteiger partial charge in [-0.25, -0.2) is 0 Å². The molecular formula is C22H36N2O2. The van der Waals surface area contributed by atoms with Crippen LogP contribution in [-0.4, -0.2) is 54.7 Å². The van der Waals surface area contributed by atoms with E-state index in [2.05, 4.69) is 21.9 Å². The third-order valence-electron chi connectivity index (χ3n) is 6.67. The predicted octanol–water partition coefficient (Wildman–Crippen LogP) is 4.22. The van der Waals surface area contributed by atoms with E-state index >= 15 is 0 Å². The van der Waals surface area contributed by atoms with E-state index in [9.17, 15) is 0 Å². The minimum absolute atomic E-state index is 0.421. The maximum Gasteiger partial charge on any atom is 0.118 e. The summed E-state index contributed by atoms with van der Waals surface area (Å²) in [7, 11) is 0. The molecule has 146 valence electrons. The molecule has 4 heteroatoms. The smallest absolute Gasteiger partial charge is 0.118 e. The van der Waals surface area contributed by atoms with Gasteiger partial charge in [-0.05, 0) is 76.6 Å². The van der Waals surface area contributed by atoms with Crippen LogP contribution >= 0.6 is 0 Å². The fourth-order valence-electron chi connectivity index (χ4n) is 5.21. The topological polar surface area (TPSA) is 28.9 Å². The molecule has 0 bridgehead atoms. The molecule has 2 aliphatic heterocycles. The van der Waals surface area contributed by atoms with Gasteiger partial charge in [-0.1, -0.05) is 12.8 Å². The quantitative estimate of drug-likeness (QED) is 0.728. The zero-order chi connectivity index (χ0) is 17.8. The molecule has 0 amide bonds. The fraction of sp³-hybridized carbons (Fsp3) is 0.818. The van der Waals surface area contributed by atoms with Gasteiger partial charge < -0.3 is 14.1 Å². The second-order valence-corrected chi connectivity index (χ2v) is 8.76. The third kappa shape index (κ3) is 4.90. The lowest BCUT2D eigenvalue weighted by molar-refractivity contribution is 0.0514. The lowest BCUT2D eigenvalue weighted by atomic mass is 9.94. The van der Waals surface area contributed by atoms with Crippen LogP contribution in [0, 0.1) is 12.8 Å². The Hall–Kier alpha value is -0.840. The zero-order valence-corrected chi connectivity index (χ0v) is 16.5. The molecule has 4 rings (SSSR count). The van der Waals surface area contributed by atoms with Gasteiger partial charge in [0.05, 0.1) is 12.6 Å². The molecular weight excluding hydrogens is 324 g/mol. The summed E-state index contributed by atoms with van der Waals surface area (Å²) in [5.74, 6) is 2.94. The molecule has 1 unspecified atom stereocenters. The maximum absolute atomic E-state index is 5.92. The molecule has 0 radical (unpaired) electrons. The average Bonchev–Trinajstić information content (AvgIpc) is 3.39. The van der Waals surface area contributed by atoms with E-state index < -0.39 is 0 Å². The summed E-state index contributed by atoms with van der Waals surface area (Å²) in [4.78, 5) is 5.38. The lowest BCUT2D eigenvalue weighted by Crippen LogP contribution is -2.43. The van der Waals surface area contributed by atoms with Crippen LogP contribution in [-0.2, 0) is 11.3 Å². The summed E-state index contributed by atoms with van der Waals surface area (Å²) in [5.41, 5.74) is 0. The molecule has 0 aromatic carbocycles. The first-order valence-corrected chi connectivity index (χ1v) is 10.9. The van der Waals surface area contributed by atoms with Crippen LogP contribution in [0.25, 0.3) is 0 Å². The number of nitrogens with zero attached hydrogens (tertiary/aromatic N) is 2. The van der Waals surface area contributed by atoms with Crippen LogP contribution in [0.3, 0.4) is 0 Å². The number of ether oxygens (including phenoxy) is 1. The lowest BCUT2D eigenvalue weighted by Gasteiger charge is -2.38. The summed E-state index contributed by atoms with van der Waals surface area (Å²) in [6.07, 6.45) is 11.3. The Kier molecular flexibility index (Phi) is 6.34. The molecule has 1 aromatic rings. The summed E-state index contributed by atoms with van der Waals surface area (Å²) >= 11 is 0. The first-order valence-electron chi connectivity index (χ1n) is 10.9. The second kappa shape index (κ2) is 8.90. The van der Waals surface area contributed by atoms with Crippen LogP contribution in [0.1, 0.15) is 62.9 Å². The summed E-state index contributed by atoms with van der Waals surface area (Å²) in [6.45, 7) is 8.77. The molecule has 0 spiro atoms. The number of hydrogen-bond acceptors (Lipinski definition) is 4. The van der Waals surface area contributed by atoms with Crippen LogP contribution in [0.5, 0.6) is 0 Å². The zero-order valence-electron chi connectivity index (χ0n) is 16.5. The van der Waals surface area contributed by atoms with Crippen molar-refractivity contribution in [3.05, 3.63) is 23.7 Å². The monoisotopic (exact) mass is 360 g/mol. The molecule has 1 aromatic heterocycles. The average molecular weight is 361 g/mol. The number of rotatable bonds is 7. The van der Waals surface area contributed by atoms with Crippen molar-refractivity contribution in [3.63, 3.8) is 0 Å². The number of piperidine rings is 1. The molecule has 26 heavy (non-hydrogen) atoms. The molecule has 2 saturated heterocycles. The Labute approximate surface area is 158 Å². The van der Waals surface area contributed by atoms with Crippen LogP contribution in [0.4, 0.5) is 0 Å². The highest BCUT2D eigenvalue weighted by molar-refractivity contribution is 5.05. The number of likely N-dealkylation sites (tertiary alicyclic amines) is 1. The van der Waals surface area contributed by atoms with Crippen LogP contribution in [0.2, 0.25) is 0 Å². The molecule has 3 heterocycles. The second-order valence-electron chi connectivity index (χ2n) is 8.76. The van der Waals surface area contributed by atoms with E-state index in [1.165, 1.54) is 71.0 Å². The molecule has 1 atom stereocenters. The largest absolute Gasteiger partial charge is 0.465 e. The van der Waals surface area contributed by atoms with Crippen molar-refractivity contribution in [2.75, 3.05) is 32.8 Å². The van der Waals surface area contributed by atoms with E-state index in [-0.39, 0.29) is 0 Å². The molecule has 3 fully saturated rings. The Morgan fingerprint density at radius 3 is 2.46 bits per heavy atom. The van der Waals surface area contributed by atoms with Crippen molar-refractivity contribution >= 4 is 0 Å². The fourth-order valence-corrected chi connectivity index (χ4v) is 5.21. The van der Waals surface area contributed by atoms with Gasteiger partial charge in [0, 0.05) is 25.7 Å². The molecule has 4 nitrogen and oxygen atoms in total. The number of aryl methyl sites for hydroxylation is 1. The van der Waals surface area contributed by atoms with E-state index in [4.69, 9.17) is 9.15 Å². The van der Waals surface area contributed by atoms with E-state index in [0.717, 1.165) is 43.2 Å². The van der Waals surface area contributed by atoms with Gasteiger partial charge in [-0.2, -0.15) is 0 Å². The van der Waals surface area contributed by atoms with Crippen molar-refractivity contribution in [2.24, 2.45) is 5.92 Å². The summed E-state index contributed by atoms with van der Waals surface area (Å²) in [5, 5.41) is 0. The van der Waals surface area contributed by atoms with Gasteiger partial charge in [0.1, 0.15) is 11.5 Å². The van der Waals surface area contributed by atoms with Gasteiger partial charge in [-0.3, -0.25) is 4.90 Å². The minimum atomic E-state index is 0.421. The van der Waals surface area contributed by atoms with Crippen LogP contribution in [0.15, 0.2) is 16.5 Å². The number of hydrogen-bond donors (Lipinski definition) is 0. The highest BCUT2D eigenvalue weighted by Crippen LogP contribution is 2.28. The van der Waals surface area contributed by atoms with Gasteiger partial charge in [0.2, 0.25) is 0 Å². The van der Waals surface area contributed by atoms with Gasteiger partial charge in [0.25, 0.3) is 0 Å². The molecule has 1 saturated carbocycles. The highest BCUT2D eigenvalue weighted by Gasteiger charge is 2.29. The Morgan fingerprint density at radius 1 is 1.00 bits per heavy atom. The summed E-state index contributed by atoms with van der Waals surface area (Å²) < 4.78 is 11.8. The van der Waals surface area contributed by atoms with Crippen molar-refractivity contribution in [1.29, 1.82) is 0 Å².